The fourth-order valence-electron chi connectivity index (χ4n) is 0.888. The van der Waals surface area contributed by atoms with Gasteiger partial charge in [0.05, 0.1) is 0 Å². The highest BCUT2D eigenvalue weighted by Gasteiger charge is 2.03. The third kappa shape index (κ3) is 6.73. The van der Waals surface area contributed by atoms with Crippen LogP contribution in [0.2, 0.25) is 0 Å². The first-order valence-electron chi connectivity index (χ1n) is 5.06. The van der Waals surface area contributed by atoms with E-state index >= 15 is 0 Å². The van der Waals surface area contributed by atoms with Crippen LogP contribution in [0.3, 0.4) is 0 Å². The lowest BCUT2D eigenvalue weighted by atomic mass is 10.4. The van der Waals surface area contributed by atoms with Crippen LogP contribution in [0.1, 0.15) is 19.8 Å². The summed E-state index contributed by atoms with van der Waals surface area (Å²) in [6.45, 7) is 3.28. The standard InChI is InChI=1S/C9H21N5O/c1-4-6-11-9(13-10)12-7-5-8(15)14(2)3/h4-7,10H2,1-3H3,(H2,11,12,13). The molecule has 6 nitrogen and oxygen atoms in total. The Morgan fingerprint density at radius 1 is 1.47 bits per heavy atom. The van der Waals surface area contributed by atoms with Gasteiger partial charge in [0.25, 0.3) is 0 Å². The number of nitrogens with two attached hydrogens (primary N) is 1. The van der Waals surface area contributed by atoms with E-state index < -0.39 is 0 Å². The van der Waals surface area contributed by atoms with E-state index in [0.717, 1.165) is 6.42 Å². The lowest BCUT2D eigenvalue weighted by Crippen LogP contribution is -2.43. The number of carbonyl (C=O) groups excluding carboxylic acids is 1. The maximum atomic E-state index is 11.2. The van der Waals surface area contributed by atoms with Gasteiger partial charge in [-0.2, -0.15) is 0 Å². The smallest absolute Gasteiger partial charge is 0.223 e. The molecule has 0 saturated carbocycles. The number of guanidine groups is 1. The van der Waals surface area contributed by atoms with Gasteiger partial charge in [0.2, 0.25) is 11.9 Å². The molecule has 0 rings (SSSR count). The normalized spacial score (nSPS) is 11.1. The number of hydrazine groups is 1. The molecule has 0 aliphatic heterocycles. The van der Waals surface area contributed by atoms with Crippen molar-refractivity contribution in [2.24, 2.45) is 10.8 Å². The summed E-state index contributed by atoms with van der Waals surface area (Å²) in [5.74, 6) is 5.86. The Labute approximate surface area is 90.9 Å². The Bertz CT molecular complexity index is 215. The largest absolute Gasteiger partial charge is 0.355 e. The van der Waals surface area contributed by atoms with Crippen LogP contribution in [0.25, 0.3) is 0 Å². The summed E-state index contributed by atoms with van der Waals surface area (Å²) in [7, 11) is 3.46. The lowest BCUT2D eigenvalue weighted by Gasteiger charge is -2.12. The van der Waals surface area contributed by atoms with Crippen LogP contribution < -0.4 is 16.6 Å². The fourth-order valence-corrected chi connectivity index (χ4v) is 0.888. The highest BCUT2D eigenvalue weighted by atomic mass is 16.2. The van der Waals surface area contributed by atoms with Crippen molar-refractivity contribution in [1.82, 2.24) is 15.6 Å². The monoisotopic (exact) mass is 215 g/mol. The summed E-state index contributed by atoms with van der Waals surface area (Å²) in [6, 6.07) is 0. The summed E-state index contributed by atoms with van der Waals surface area (Å²) < 4.78 is 0. The zero-order valence-corrected chi connectivity index (χ0v) is 9.71. The third-order valence-corrected chi connectivity index (χ3v) is 1.76. The number of hydrogen-bond donors (Lipinski definition) is 3. The molecule has 1 amide bonds. The molecular weight excluding hydrogens is 194 g/mol. The summed E-state index contributed by atoms with van der Waals surface area (Å²) in [6.07, 6.45) is 1.39. The van der Waals surface area contributed by atoms with Crippen LogP contribution in [-0.4, -0.2) is 44.0 Å². The maximum absolute atomic E-state index is 11.2. The van der Waals surface area contributed by atoms with Gasteiger partial charge in [-0.05, 0) is 6.42 Å². The number of aliphatic imine (C=N–C) groups is 1. The Balaban J connectivity index is 3.77. The van der Waals surface area contributed by atoms with Crippen molar-refractivity contribution in [2.75, 3.05) is 27.2 Å². The Hall–Kier alpha value is -1.30. The molecule has 0 aliphatic rings. The van der Waals surface area contributed by atoms with E-state index in [1.807, 2.05) is 6.92 Å². The second-order valence-corrected chi connectivity index (χ2v) is 3.34. The third-order valence-electron chi connectivity index (χ3n) is 1.76. The molecule has 88 valence electrons. The number of rotatable bonds is 5. The molecule has 0 unspecified atom stereocenters. The number of nitrogens with one attached hydrogen (secondary N) is 2. The molecule has 0 aromatic rings. The molecular formula is C9H21N5O. The Morgan fingerprint density at radius 3 is 2.60 bits per heavy atom. The molecule has 0 radical (unpaired) electrons. The zero-order chi connectivity index (χ0) is 11.7. The molecule has 0 aliphatic carbocycles. The topological polar surface area (TPSA) is 82.7 Å². The Kier molecular flexibility index (Phi) is 7.35. The van der Waals surface area contributed by atoms with Gasteiger partial charge < -0.3 is 10.2 Å². The molecule has 0 spiro atoms. The van der Waals surface area contributed by atoms with Crippen LogP contribution >= 0.6 is 0 Å². The number of nitrogens with zero attached hydrogens (tertiary/aromatic N) is 2. The minimum atomic E-state index is 0.0781. The molecule has 0 atom stereocenters. The summed E-state index contributed by atoms with van der Waals surface area (Å²) in [5.41, 5.74) is 2.45. The van der Waals surface area contributed by atoms with Crippen molar-refractivity contribution in [3.8, 4) is 0 Å². The molecule has 15 heavy (non-hydrogen) atoms. The van der Waals surface area contributed by atoms with Crippen molar-refractivity contribution in [3.63, 3.8) is 0 Å². The van der Waals surface area contributed by atoms with E-state index in [1.54, 1.807) is 19.0 Å². The van der Waals surface area contributed by atoms with Gasteiger partial charge in [-0.3, -0.25) is 15.2 Å². The van der Waals surface area contributed by atoms with E-state index in [0.29, 0.717) is 25.5 Å². The Morgan fingerprint density at radius 2 is 2.13 bits per heavy atom. The molecule has 0 aromatic heterocycles. The van der Waals surface area contributed by atoms with E-state index in [2.05, 4.69) is 15.7 Å². The molecule has 0 saturated heterocycles. The van der Waals surface area contributed by atoms with E-state index in [4.69, 9.17) is 5.84 Å². The summed E-state index contributed by atoms with van der Waals surface area (Å²) in [5, 5.41) is 2.96. The number of amides is 1. The average Bonchev–Trinajstić information content (AvgIpc) is 2.22. The van der Waals surface area contributed by atoms with Crippen LogP contribution in [0, 0.1) is 0 Å². The van der Waals surface area contributed by atoms with Crippen LogP contribution in [0.15, 0.2) is 4.99 Å². The van der Waals surface area contributed by atoms with Crippen LogP contribution in [0.5, 0.6) is 0 Å². The first kappa shape index (κ1) is 13.7. The van der Waals surface area contributed by atoms with Gasteiger partial charge in [0, 0.05) is 33.6 Å². The summed E-state index contributed by atoms with van der Waals surface area (Å²) in [4.78, 5) is 16.9. The minimum Gasteiger partial charge on any atom is -0.355 e. The second kappa shape index (κ2) is 8.05. The van der Waals surface area contributed by atoms with Gasteiger partial charge in [-0.25, -0.2) is 5.84 Å². The molecule has 4 N–H and O–H groups in total. The van der Waals surface area contributed by atoms with Gasteiger partial charge in [-0.15, -0.1) is 0 Å². The first-order chi connectivity index (χ1) is 7.11. The fraction of sp³-hybridized carbons (Fsp3) is 0.778. The number of hydrogen-bond acceptors (Lipinski definition) is 3. The average molecular weight is 215 g/mol. The molecule has 0 bridgehead atoms. The highest BCUT2D eigenvalue weighted by molar-refractivity contribution is 5.80. The highest BCUT2D eigenvalue weighted by Crippen LogP contribution is 1.85. The first-order valence-corrected chi connectivity index (χ1v) is 5.06. The van der Waals surface area contributed by atoms with Gasteiger partial charge in [-0.1, -0.05) is 6.92 Å². The molecule has 0 fully saturated rings. The predicted octanol–water partition coefficient (Wildman–Crippen LogP) is -0.716. The van der Waals surface area contributed by atoms with Crippen molar-refractivity contribution in [3.05, 3.63) is 0 Å². The molecule has 0 aromatic carbocycles. The van der Waals surface area contributed by atoms with Gasteiger partial charge in [0.15, 0.2) is 0 Å². The second-order valence-electron chi connectivity index (χ2n) is 3.34. The van der Waals surface area contributed by atoms with E-state index in [1.165, 1.54) is 0 Å². The van der Waals surface area contributed by atoms with Crippen LogP contribution in [0.4, 0.5) is 0 Å². The van der Waals surface area contributed by atoms with Crippen molar-refractivity contribution >= 4 is 11.9 Å². The van der Waals surface area contributed by atoms with Gasteiger partial charge in [0.1, 0.15) is 0 Å². The van der Waals surface area contributed by atoms with Crippen molar-refractivity contribution in [1.29, 1.82) is 0 Å². The molecule has 6 heteroatoms. The lowest BCUT2D eigenvalue weighted by molar-refractivity contribution is -0.128. The maximum Gasteiger partial charge on any atom is 0.223 e. The zero-order valence-electron chi connectivity index (χ0n) is 9.71. The van der Waals surface area contributed by atoms with Crippen molar-refractivity contribution in [2.45, 2.75) is 19.8 Å². The van der Waals surface area contributed by atoms with E-state index in [-0.39, 0.29) is 5.91 Å². The van der Waals surface area contributed by atoms with Gasteiger partial charge >= 0.3 is 0 Å². The quantitative estimate of drug-likeness (QED) is 0.245. The van der Waals surface area contributed by atoms with Crippen molar-refractivity contribution < 1.29 is 4.79 Å². The number of carbonyl (C=O) groups is 1. The predicted molar refractivity (Wildman–Crippen MR) is 61.2 cm³/mol. The summed E-state index contributed by atoms with van der Waals surface area (Å²) >= 11 is 0. The van der Waals surface area contributed by atoms with E-state index in [9.17, 15) is 4.79 Å². The molecule has 0 heterocycles. The van der Waals surface area contributed by atoms with Crippen LogP contribution in [-0.2, 0) is 4.79 Å². The minimum absolute atomic E-state index is 0.0781. The SMILES string of the molecule is CCCN=C(NN)NCCC(=O)N(C)C.